The number of hydrogen-bond donors (Lipinski definition) is 2. The Balaban J connectivity index is 0.00000441. The number of halogens is 1. The van der Waals surface area contributed by atoms with Crippen molar-refractivity contribution in [1.29, 1.82) is 0 Å². The highest BCUT2D eigenvalue weighted by atomic mass is 127. The smallest absolute Gasteiger partial charge is 0.191 e. The summed E-state index contributed by atoms with van der Waals surface area (Å²) < 4.78 is 5.41. The summed E-state index contributed by atoms with van der Waals surface area (Å²) >= 11 is 0. The van der Waals surface area contributed by atoms with Gasteiger partial charge >= 0.3 is 0 Å². The van der Waals surface area contributed by atoms with Gasteiger partial charge in [0.1, 0.15) is 0 Å². The third kappa shape index (κ3) is 9.15. The van der Waals surface area contributed by atoms with Crippen LogP contribution in [0.1, 0.15) is 40.0 Å². The quantitative estimate of drug-likeness (QED) is 0.373. The van der Waals surface area contributed by atoms with Crippen molar-refractivity contribution in [3.8, 4) is 0 Å². The molecule has 0 aliphatic carbocycles. The van der Waals surface area contributed by atoms with Crippen LogP contribution in [-0.4, -0.2) is 63.3 Å². The van der Waals surface area contributed by atoms with Gasteiger partial charge in [0, 0.05) is 33.8 Å². The second-order valence-electron chi connectivity index (χ2n) is 6.74. The molecule has 1 atom stereocenters. The summed E-state index contributed by atoms with van der Waals surface area (Å²) in [7, 11) is 3.54. The Morgan fingerprint density at radius 1 is 1.23 bits per heavy atom. The number of guanidine groups is 1. The second kappa shape index (κ2) is 11.5. The fraction of sp³-hybridized carbons (Fsp3) is 0.938. The minimum atomic E-state index is -0.183. The molecule has 22 heavy (non-hydrogen) atoms. The van der Waals surface area contributed by atoms with Crippen molar-refractivity contribution in [3.63, 3.8) is 0 Å². The summed E-state index contributed by atoms with van der Waals surface area (Å²) in [5, 5.41) is 6.73. The Kier molecular flexibility index (Phi) is 11.4. The molecule has 0 spiro atoms. The van der Waals surface area contributed by atoms with Crippen molar-refractivity contribution < 1.29 is 4.74 Å². The molecule has 1 rings (SSSR count). The number of nitrogens with zero attached hydrogens (tertiary/aromatic N) is 2. The van der Waals surface area contributed by atoms with Crippen LogP contribution >= 0.6 is 24.0 Å². The topological polar surface area (TPSA) is 48.9 Å². The van der Waals surface area contributed by atoms with E-state index in [1.54, 1.807) is 7.11 Å². The van der Waals surface area contributed by atoms with Crippen molar-refractivity contribution in [2.75, 3.05) is 46.9 Å². The minimum absolute atomic E-state index is 0. The second-order valence-corrected chi connectivity index (χ2v) is 6.74. The predicted molar refractivity (Wildman–Crippen MR) is 105 cm³/mol. The molecule has 5 nitrogen and oxygen atoms in total. The average molecular weight is 426 g/mol. The first kappa shape index (κ1) is 21.9. The molecule has 0 aromatic carbocycles. The molecule has 6 heteroatoms. The minimum Gasteiger partial charge on any atom is -0.377 e. The predicted octanol–water partition coefficient (Wildman–Crippen LogP) is 2.32. The number of nitrogens with one attached hydrogen (secondary N) is 2. The monoisotopic (exact) mass is 426 g/mol. The van der Waals surface area contributed by atoms with E-state index in [2.05, 4.69) is 41.3 Å². The molecule has 0 amide bonds. The number of aliphatic imine (C=N–C) groups is 1. The van der Waals surface area contributed by atoms with Gasteiger partial charge in [-0.2, -0.15) is 0 Å². The van der Waals surface area contributed by atoms with Crippen LogP contribution in [0.25, 0.3) is 0 Å². The lowest BCUT2D eigenvalue weighted by Crippen LogP contribution is -2.47. The summed E-state index contributed by atoms with van der Waals surface area (Å²) in [5.41, 5.74) is -0.183. The number of methoxy groups -OCH3 is 1. The summed E-state index contributed by atoms with van der Waals surface area (Å²) in [5.74, 6) is 1.47. The van der Waals surface area contributed by atoms with E-state index < -0.39 is 0 Å². The van der Waals surface area contributed by atoms with Crippen molar-refractivity contribution in [3.05, 3.63) is 0 Å². The van der Waals surface area contributed by atoms with Gasteiger partial charge < -0.3 is 20.3 Å². The Hall–Kier alpha value is -0.0800. The van der Waals surface area contributed by atoms with Gasteiger partial charge in [0.05, 0.1) is 5.60 Å². The zero-order valence-electron chi connectivity index (χ0n) is 14.9. The SMILES string of the molecule is CN=C(NCC(C)CN1CCCCC1)NCC(C)(C)OC.I. The molecule has 0 saturated carbocycles. The van der Waals surface area contributed by atoms with Crippen LogP contribution < -0.4 is 10.6 Å². The molecule has 1 fully saturated rings. The molecule has 1 heterocycles. The highest BCUT2D eigenvalue weighted by molar-refractivity contribution is 14.0. The van der Waals surface area contributed by atoms with Crippen LogP contribution in [0, 0.1) is 5.92 Å². The van der Waals surface area contributed by atoms with E-state index in [-0.39, 0.29) is 29.6 Å². The lowest BCUT2D eigenvalue weighted by atomic mass is 10.1. The van der Waals surface area contributed by atoms with Crippen molar-refractivity contribution in [1.82, 2.24) is 15.5 Å². The molecule has 1 unspecified atom stereocenters. The van der Waals surface area contributed by atoms with Gasteiger partial charge in [-0.3, -0.25) is 4.99 Å². The Bertz CT molecular complexity index is 317. The third-order valence-corrected chi connectivity index (χ3v) is 4.09. The van der Waals surface area contributed by atoms with E-state index in [4.69, 9.17) is 4.74 Å². The lowest BCUT2D eigenvalue weighted by Gasteiger charge is -2.29. The Morgan fingerprint density at radius 3 is 2.41 bits per heavy atom. The van der Waals surface area contributed by atoms with Crippen LogP contribution in [-0.2, 0) is 4.74 Å². The highest BCUT2D eigenvalue weighted by Gasteiger charge is 2.17. The van der Waals surface area contributed by atoms with Gasteiger partial charge in [0.15, 0.2) is 5.96 Å². The van der Waals surface area contributed by atoms with E-state index in [1.165, 1.54) is 38.9 Å². The molecule has 1 aliphatic heterocycles. The van der Waals surface area contributed by atoms with Crippen LogP contribution in [0.2, 0.25) is 0 Å². The van der Waals surface area contributed by atoms with Crippen LogP contribution in [0.3, 0.4) is 0 Å². The summed E-state index contributed by atoms with van der Waals surface area (Å²) in [4.78, 5) is 6.85. The van der Waals surface area contributed by atoms with Crippen LogP contribution in [0.4, 0.5) is 0 Å². The summed E-state index contributed by atoms with van der Waals surface area (Å²) in [6.45, 7) is 11.8. The molecule has 1 aliphatic rings. The number of likely N-dealkylation sites (tertiary alicyclic amines) is 1. The zero-order chi connectivity index (χ0) is 15.7. The molecule has 0 aromatic rings. The van der Waals surface area contributed by atoms with E-state index in [1.807, 2.05) is 7.05 Å². The maximum atomic E-state index is 5.41. The molecular formula is C16H35IN4O. The van der Waals surface area contributed by atoms with Crippen molar-refractivity contribution in [2.24, 2.45) is 10.9 Å². The molecule has 0 radical (unpaired) electrons. The molecule has 1 saturated heterocycles. The van der Waals surface area contributed by atoms with E-state index in [0.29, 0.717) is 5.92 Å². The Labute approximate surface area is 153 Å². The van der Waals surface area contributed by atoms with Gasteiger partial charge in [-0.1, -0.05) is 13.3 Å². The number of rotatable bonds is 7. The molecular weight excluding hydrogens is 391 g/mol. The zero-order valence-corrected chi connectivity index (χ0v) is 17.3. The number of hydrogen-bond acceptors (Lipinski definition) is 3. The normalized spacial score (nSPS) is 18.5. The van der Waals surface area contributed by atoms with E-state index >= 15 is 0 Å². The van der Waals surface area contributed by atoms with Crippen molar-refractivity contribution >= 4 is 29.9 Å². The van der Waals surface area contributed by atoms with Gasteiger partial charge in [-0.25, -0.2) is 0 Å². The maximum absolute atomic E-state index is 5.41. The molecule has 0 bridgehead atoms. The lowest BCUT2D eigenvalue weighted by molar-refractivity contribution is 0.0268. The van der Waals surface area contributed by atoms with Gasteiger partial charge in [0.25, 0.3) is 0 Å². The van der Waals surface area contributed by atoms with Crippen LogP contribution in [0.15, 0.2) is 4.99 Å². The molecule has 0 aromatic heterocycles. The van der Waals surface area contributed by atoms with Crippen LogP contribution in [0.5, 0.6) is 0 Å². The Morgan fingerprint density at radius 2 is 1.86 bits per heavy atom. The van der Waals surface area contributed by atoms with E-state index in [0.717, 1.165) is 19.0 Å². The number of piperidine rings is 1. The third-order valence-electron chi connectivity index (χ3n) is 4.09. The van der Waals surface area contributed by atoms with Crippen molar-refractivity contribution in [2.45, 2.75) is 45.6 Å². The fourth-order valence-electron chi connectivity index (χ4n) is 2.51. The average Bonchev–Trinajstić information content (AvgIpc) is 2.48. The highest BCUT2D eigenvalue weighted by Crippen LogP contribution is 2.10. The number of ether oxygens (including phenoxy) is 1. The molecule has 132 valence electrons. The first-order chi connectivity index (χ1) is 9.96. The van der Waals surface area contributed by atoms with Gasteiger partial charge in [0.2, 0.25) is 0 Å². The van der Waals surface area contributed by atoms with E-state index in [9.17, 15) is 0 Å². The summed E-state index contributed by atoms with van der Waals surface area (Å²) in [6, 6.07) is 0. The van der Waals surface area contributed by atoms with Gasteiger partial charge in [-0.05, 0) is 45.7 Å². The molecule has 2 N–H and O–H groups in total. The van der Waals surface area contributed by atoms with Gasteiger partial charge in [-0.15, -0.1) is 24.0 Å². The maximum Gasteiger partial charge on any atom is 0.191 e. The largest absolute Gasteiger partial charge is 0.377 e. The first-order valence-electron chi connectivity index (χ1n) is 8.19. The summed E-state index contributed by atoms with van der Waals surface area (Å²) in [6.07, 6.45) is 4.11. The fourth-order valence-corrected chi connectivity index (χ4v) is 2.51. The first-order valence-corrected chi connectivity index (χ1v) is 8.19. The standard InChI is InChI=1S/C16H34N4O.HI/c1-14(12-20-9-7-6-8-10-20)11-18-15(17-4)19-13-16(2,3)21-5;/h14H,6-13H2,1-5H3,(H2,17,18,19);1H.